The molecule has 0 spiro atoms. The molecular formula is C16H25NO2. The Kier molecular flexibility index (Phi) is 5.55. The third kappa shape index (κ3) is 3.35. The van der Waals surface area contributed by atoms with Crippen LogP contribution in [0, 0.1) is 5.41 Å². The number of hydrogen-bond donors (Lipinski definition) is 0. The zero-order valence-electron chi connectivity index (χ0n) is 12.6. The lowest BCUT2D eigenvalue weighted by molar-refractivity contribution is -0.155. The van der Waals surface area contributed by atoms with Crippen molar-refractivity contribution in [3.05, 3.63) is 35.9 Å². The van der Waals surface area contributed by atoms with E-state index in [2.05, 4.69) is 30.9 Å². The van der Waals surface area contributed by atoms with Crippen molar-refractivity contribution in [3.8, 4) is 0 Å². The van der Waals surface area contributed by atoms with Crippen molar-refractivity contribution in [1.29, 1.82) is 0 Å². The molecule has 0 saturated carbocycles. The first kappa shape index (κ1) is 15.7. The number of hydrogen-bond acceptors (Lipinski definition) is 3. The van der Waals surface area contributed by atoms with Crippen LogP contribution in [-0.4, -0.2) is 31.1 Å². The van der Waals surface area contributed by atoms with Crippen molar-refractivity contribution in [3.63, 3.8) is 0 Å². The fraction of sp³-hybridized carbons (Fsp3) is 0.562. The normalized spacial score (nSPS) is 13.4. The SMILES string of the molecule is CCN(CC)C(c1ccccc1)C(C)(C)C(=O)OC. The van der Waals surface area contributed by atoms with Gasteiger partial charge in [-0.3, -0.25) is 9.69 Å². The highest BCUT2D eigenvalue weighted by atomic mass is 16.5. The summed E-state index contributed by atoms with van der Waals surface area (Å²) in [5.41, 5.74) is 0.573. The van der Waals surface area contributed by atoms with Gasteiger partial charge in [0.1, 0.15) is 0 Å². The molecular weight excluding hydrogens is 238 g/mol. The average molecular weight is 263 g/mol. The van der Waals surface area contributed by atoms with Crippen molar-refractivity contribution in [2.24, 2.45) is 5.41 Å². The van der Waals surface area contributed by atoms with Crippen molar-refractivity contribution in [1.82, 2.24) is 4.90 Å². The average Bonchev–Trinajstić information content (AvgIpc) is 2.44. The fourth-order valence-electron chi connectivity index (χ4n) is 2.68. The first-order valence-corrected chi connectivity index (χ1v) is 6.86. The van der Waals surface area contributed by atoms with Crippen LogP contribution in [0.5, 0.6) is 0 Å². The first-order chi connectivity index (χ1) is 8.98. The van der Waals surface area contributed by atoms with Crippen molar-refractivity contribution < 1.29 is 9.53 Å². The standard InChI is InChI=1S/C16H25NO2/c1-6-17(7-2)14(13-11-9-8-10-12-13)16(3,4)15(18)19-5/h8-12,14H,6-7H2,1-5H3. The maximum absolute atomic E-state index is 12.1. The number of ether oxygens (including phenoxy) is 1. The van der Waals surface area contributed by atoms with Crippen LogP contribution >= 0.6 is 0 Å². The highest BCUT2D eigenvalue weighted by Gasteiger charge is 2.41. The summed E-state index contributed by atoms with van der Waals surface area (Å²) in [6.45, 7) is 9.94. The van der Waals surface area contributed by atoms with Crippen molar-refractivity contribution in [2.45, 2.75) is 33.7 Å². The molecule has 3 heteroatoms. The molecule has 0 aliphatic rings. The summed E-state index contributed by atoms with van der Waals surface area (Å²) >= 11 is 0. The molecule has 0 aliphatic heterocycles. The molecule has 1 unspecified atom stereocenters. The molecule has 0 aliphatic carbocycles. The van der Waals surface area contributed by atoms with Crippen LogP contribution in [0.15, 0.2) is 30.3 Å². The summed E-state index contributed by atoms with van der Waals surface area (Å²) in [4.78, 5) is 14.4. The van der Waals surface area contributed by atoms with Crippen LogP contribution in [0.2, 0.25) is 0 Å². The quantitative estimate of drug-likeness (QED) is 0.738. The van der Waals surface area contributed by atoms with Gasteiger partial charge in [-0.1, -0.05) is 44.2 Å². The number of rotatable bonds is 6. The van der Waals surface area contributed by atoms with Crippen LogP contribution in [-0.2, 0) is 9.53 Å². The molecule has 106 valence electrons. The summed E-state index contributed by atoms with van der Waals surface area (Å²) < 4.78 is 4.99. The molecule has 1 aromatic rings. The second-order valence-electron chi connectivity index (χ2n) is 5.25. The lowest BCUT2D eigenvalue weighted by Crippen LogP contribution is -2.43. The number of benzene rings is 1. The van der Waals surface area contributed by atoms with E-state index in [-0.39, 0.29) is 12.0 Å². The maximum Gasteiger partial charge on any atom is 0.313 e. The summed E-state index contributed by atoms with van der Waals surface area (Å²) in [5, 5.41) is 0. The topological polar surface area (TPSA) is 29.5 Å². The smallest absolute Gasteiger partial charge is 0.313 e. The predicted octanol–water partition coefficient (Wildman–Crippen LogP) is 3.27. The van der Waals surface area contributed by atoms with Crippen molar-refractivity contribution >= 4 is 5.97 Å². The zero-order chi connectivity index (χ0) is 14.5. The molecule has 0 saturated heterocycles. The zero-order valence-corrected chi connectivity index (χ0v) is 12.6. The van der Waals surface area contributed by atoms with Gasteiger partial charge in [0, 0.05) is 0 Å². The molecule has 0 aromatic heterocycles. The van der Waals surface area contributed by atoms with E-state index in [0.717, 1.165) is 18.7 Å². The minimum atomic E-state index is -0.581. The molecule has 1 aromatic carbocycles. The Balaban J connectivity index is 3.23. The fourth-order valence-corrected chi connectivity index (χ4v) is 2.68. The first-order valence-electron chi connectivity index (χ1n) is 6.86. The number of nitrogens with zero attached hydrogens (tertiary/aromatic N) is 1. The third-order valence-corrected chi connectivity index (χ3v) is 3.69. The molecule has 0 fully saturated rings. The lowest BCUT2D eigenvalue weighted by atomic mass is 9.79. The van der Waals surface area contributed by atoms with E-state index in [1.54, 1.807) is 0 Å². The van der Waals surface area contributed by atoms with Gasteiger partial charge in [0.25, 0.3) is 0 Å². The lowest BCUT2D eigenvalue weighted by Gasteiger charge is -2.39. The Hall–Kier alpha value is -1.35. The van der Waals surface area contributed by atoms with Crippen molar-refractivity contribution in [2.75, 3.05) is 20.2 Å². The van der Waals surface area contributed by atoms with E-state index in [1.165, 1.54) is 7.11 Å². The van der Waals surface area contributed by atoms with E-state index in [4.69, 9.17) is 4.74 Å². The van der Waals surface area contributed by atoms with Crippen LogP contribution in [0.25, 0.3) is 0 Å². The Bertz CT molecular complexity index is 396. The largest absolute Gasteiger partial charge is 0.469 e. The molecule has 0 radical (unpaired) electrons. The predicted molar refractivity (Wildman–Crippen MR) is 77.9 cm³/mol. The highest BCUT2D eigenvalue weighted by Crippen LogP contribution is 2.39. The van der Waals surface area contributed by atoms with Gasteiger partial charge in [-0.2, -0.15) is 0 Å². The second-order valence-corrected chi connectivity index (χ2v) is 5.25. The monoisotopic (exact) mass is 263 g/mol. The molecule has 1 atom stereocenters. The number of carbonyl (C=O) groups excluding carboxylic acids is 1. The minimum absolute atomic E-state index is 0.0242. The van der Waals surface area contributed by atoms with Gasteiger partial charge >= 0.3 is 5.97 Å². The van der Waals surface area contributed by atoms with Gasteiger partial charge < -0.3 is 4.74 Å². The van der Waals surface area contributed by atoms with Gasteiger partial charge in [0.15, 0.2) is 0 Å². The van der Waals surface area contributed by atoms with Gasteiger partial charge in [0.05, 0.1) is 18.6 Å². The van der Waals surface area contributed by atoms with Gasteiger partial charge in [-0.15, -0.1) is 0 Å². The Labute approximate surface area is 116 Å². The van der Waals surface area contributed by atoms with E-state index in [1.807, 2.05) is 32.0 Å². The van der Waals surface area contributed by atoms with Gasteiger partial charge in [-0.25, -0.2) is 0 Å². The molecule has 19 heavy (non-hydrogen) atoms. The van der Waals surface area contributed by atoms with E-state index >= 15 is 0 Å². The van der Waals surface area contributed by atoms with E-state index in [9.17, 15) is 4.79 Å². The van der Waals surface area contributed by atoms with E-state index in [0.29, 0.717) is 0 Å². The molecule has 1 rings (SSSR count). The maximum atomic E-state index is 12.1. The molecule has 0 amide bonds. The Morgan fingerprint density at radius 3 is 2.16 bits per heavy atom. The number of carbonyl (C=O) groups is 1. The van der Waals surface area contributed by atoms with Crippen LogP contribution in [0.4, 0.5) is 0 Å². The molecule has 0 bridgehead atoms. The van der Waals surface area contributed by atoms with E-state index < -0.39 is 5.41 Å². The minimum Gasteiger partial charge on any atom is -0.469 e. The van der Waals surface area contributed by atoms with Gasteiger partial charge in [-0.05, 0) is 32.5 Å². The second kappa shape index (κ2) is 6.71. The van der Waals surface area contributed by atoms with Crippen LogP contribution < -0.4 is 0 Å². The Morgan fingerprint density at radius 1 is 1.21 bits per heavy atom. The summed E-state index contributed by atoms with van der Waals surface area (Å²) in [7, 11) is 1.45. The Morgan fingerprint density at radius 2 is 1.74 bits per heavy atom. The highest BCUT2D eigenvalue weighted by molar-refractivity contribution is 5.77. The molecule has 0 heterocycles. The molecule has 0 N–H and O–H groups in total. The van der Waals surface area contributed by atoms with Crippen LogP contribution in [0.1, 0.15) is 39.3 Å². The summed E-state index contributed by atoms with van der Waals surface area (Å²) in [5.74, 6) is -0.173. The van der Waals surface area contributed by atoms with Crippen LogP contribution in [0.3, 0.4) is 0 Å². The summed E-state index contributed by atoms with van der Waals surface area (Å²) in [6, 6.07) is 10.2. The summed E-state index contributed by atoms with van der Waals surface area (Å²) in [6.07, 6.45) is 0. The number of esters is 1. The molecule has 3 nitrogen and oxygen atoms in total. The number of methoxy groups -OCH3 is 1. The van der Waals surface area contributed by atoms with Gasteiger partial charge in [0.2, 0.25) is 0 Å². The third-order valence-electron chi connectivity index (χ3n) is 3.69.